The van der Waals surface area contributed by atoms with E-state index in [0.717, 1.165) is 22.6 Å². The van der Waals surface area contributed by atoms with E-state index >= 15 is 0 Å². The second kappa shape index (κ2) is 4.37. The van der Waals surface area contributed by atoms with E-state index in [-0.39, 0.29) is 0 Å². The molecule has 88 valence electrons. The number of oxime groups is 1. The Labute approximate surface area is 99.2 Å². The van der Waals surface area contributed by atoms with Gasteiger partial charge in [0, 0.05) is 23.7 Å². The highest BCUT2D eigenvalue weighted by atomic mass is 16.4. The first kappa shape index (κ1) is 11.3. The summed E-state index contributed by atoms with van der Waals surface area (Å²) in [6.45, 7) is 5.59. The summed E-state index contributed by atoms with van der Waals surface area (Å²) in [5.41, 5.74) is 4.11. The highest BCUT2D eigenvalue weighted by Crippen LogP contribution is 2.21. The average Bonchev–Trinajstić information content (AvgIpc) is 2.71. The third-order valence-corrected chi connectivity index (χ3v) is 2.65. The van der Waals surface area contributed by atoms with Gasteiger partial charge in [-0.15, -0.1) is 0 Å². The van der Waals surface area contributed by atoms with Crippen LogP contribution in [0.4, 0.5) is 0 Å². The number of aromatic nitrogens is 3. The first-order valence-electron chi connectivity index (χ1n) is 5.30. The number of imidazole rings is 1. The number of H-pyrrole nitrogens is 1. The Morgan fingerprint density at radius 2 is 2.18 bits per heavy atom. The van der Waals surface area contributed by atoms with E-state index in [1.165, 1.54) is 0 Å². The summed E-state index contributed by atoms with van der Waals surface area (Å²) in [5, 5.41) is 11.9. The predicted octanol–water partition coefficient (Wildman–Crippen LogP) is 2.29. The lowest BCUT2D eigenvalue weighted by Crippen LogP contribution is -1.97. The number of hydrogen-bond acceptors (Lipinski definition) is 4. The zero-order valence-corrected chi connectivity index (χ0v) is 10.0. The first-order valence-corrected chi connectivity index (χ1v) is 5.30. The minimum Gasteiger partial charge on any atom is -0.411 e. The van der Waals surface area contributed by atoms with E-state index in [1.54, 1.807) is 19.3 Å². The first-order chi connectivity index (χ1) is 8.13. The zero-order valence-electron chi connectivity index (χ0n) is 10.0. The molecule has 2 heterocycles. The Morgan fingerprint density at radius 1 is 1.41 bits per heavy atom. The molecule has 0 bridgehead atoms. The number of nitrogens with one attached hydrogen (secondary N) is 1. The molecular weight excluding hydrogens is 216 g/mol. The van der Waals surface area contributed by atoms with Crippen molar-refractivity contribution in [3.63, 3.8) is 0 Å². The fourth-order valence-corrected chi connectivity index (χ4v) is 1.73. The summed E-state index contributed by atoms with van der Waals surface area (Å²) in [5.74, 6) is 0.764. The van der Waals surface area contributed by atoms with Crippen LogP contribution in [0.15, 0.2) is 23.6 Å². The quantitative estimate of drug-likeness (QED) is 0.472. The Bertz CT molecular complexity index is 572. The van der Waals surface area contributed by atoms with Gasteiger partial charge in [0.1, 0.15) is 17.2 Å². The molecule has 2 rings (SSSR count). The summed E-state index contributed by atoms with van der Waals surface area (Å²) in [7, 11) is 0. The second-order valence-corrected chi connectivity index (χ2v) is 3.94. The summed E-state index contributed by atoms with van der Waals surface area (Å²) in [6.07, 6.45) is 3.52. The summed E-state index contributed by atoms with van der Waals surface area (Å²) in [6, 6.07) is 1.91. The van der Waals surface area contributed by atoms with Gasteiger partial charge in [-0.25, -0.2) is 4.98 Å². The molecular formula is C12H14N4O. The standard InChI is InChI=1S/C12H14N4O/c1-7-6-13-5-4-10(7)12-14-8(2)11(15-12)9(3)16-17/h4-6,17H,1-3H3,(H,14,15)/b16-9+. The van der Waals surface area contributed by atoms with Crippen LogP contribution < -0.4 is 0 Å². The van der Waals surface area contributed by atoms with E-state index in [2.05, 4.69) is 20.1 Å². The van der Waals surface area contributed by atoms with Gasteiger partial charge in [0.05, 0.1) is 0 Å². The van der Waals surface area contributed by atoms with Gasteiger partial charge < -0.3 is 10.2 Å². The molecule has 0 atom stereocenters. The van der Waals surface area contributed by atoms with Crippen LogP contribution in [-0.4, -0.2) is 25.9 Å². The lowest BCUT2D eigenvalue weighted by molar-refractivity contribution is 0.319. The number of rotatable bonds is 2. The second-order valence-electron chi connectivity index (χ2n) is 3.94. The average molecular weight is 230 g/mol. The van der Waals surface area contributed by atoms with E-state index in [1.807, 2.05) is 19.9 Å². The third-order valence-electron chi connectivity index (χ3n) is 2.65. The lowest BCUT2D eigenvalue weighted by atomic mass is 10.1. The molecule has 0 aliphatic heterocycles. The maximum absolute atomic E-state index is 8.77. The number of aromatic amines is 1. The molecule has 2 aromatic rings. The van der Waals surface area contributed by atoms with Gasteiger partial charge in [-0.05, 0) is 32.4 Å². The van der Waals surface area contributed by atoms with Gasteiger partial charge in [0.15, 0.2) is 0 Å². The van der Waals surface area contributed by atoms with Crippen LogP contribution in [0, 0.1) is 13.8 Å². The minimum atomic E-state index is 0.497. The van der Waals surface area contributed by atoms with Crippen molar-refractivity contribution in [3.05, 3.63) is 35.4 Å². The molecule has 2 aromatic heterocycles. The monoisotopic (exact) mass is 230 g/mol. The largest absolute Gasteiger partial charge is 0.411 e. The van der Waals surface area contributed by atoms with Gasteiger partial charge in [-0.2, -0.15) is 0 Å². The van der Waals surface area contributed by atoms with Crippen LogP contribution in [0.3, 0.4) is 0 Å². The maximum atomic E-state index is 8.77. The molecule has 17 heavy (non-hydrogen) atoms. The number of pyridine rings is 1. The van der Waals surface area contributed by atoms with Crippen LogP contribution in [0.5, 0.6) is 0 Å². The molecule has 0 aliphatic rings. The predicted molar refractivity (Wildman–Crippen MR) is 65.3 cm³/mol. The number of hydrogen-bond donors (Lipinski definition) is 2. The van der Waals surface area contributed by atoms with Crippen molar-refractivity contribution >= 4 is 5.71 Å². The van der Waals surface area contributed by atoms with E-state index < -0.39 is 0 Å². The van der Waals surface area contributed by atoms with Crippen molar-refractivity contribution in [1.82, 2.24) is 15.0 Å². The van der Waals surface area contributed by atoms with Crippen molar-refractivity contribution in [2.24, 2.45) is 5.16 Å². The van der Waals surface area contributed by atoms with E-state index in [9.17, 15) is 0 Å². The summed E-state index contributed by atoms with van der Waals surface area (Å²) >= 11 is 0. The maximum Gasteiger partial charge on any atom is 0.138 e. The molecule has 0 amide bonds. The van der Waals surface area contributed by atoms with Crippen LogP contribution in [0.25, 0.3) is 11.4 Å². The van der Waals surface area contributed by atoms with Crippen LogP contribution in [0.2, 0.25) is 0 Å². The van der Waals surface area contributed by atoms with E-state index in [4.69, 9.17) is 5.21 Å². The molecule has 0 spiro atoms. The fraction of sp³-hybridized carbons (Fsp3) is 0.250. The Kier molecular flexibility index (Phi) is 2.91. The fourth-order valence-electron chi connectivity index (χ4n) is 1.73. The molecule has 0 aliphatic carbocycles. The Hall–Kier alpha value is -2.17. The van der Waals surface area contributed by atoms with Gasteiger partial charge in [0.2, 0.25) is 0 Å². The Morgan fingerprint density at radius 3 is 2.82 bits per heavy atom. The number of aryl methyl sites for hydroxylation is 2. The van der Waals surface area contributed by atoms with Crippen molar-refractivity contribution in [2.75, 3.05) is 0 Å². The lowest BCUT2D eigenvalue weighted by Gasteiger charge is -1.99. The highest BCUT2D eigenvalue weighted by Gasteiger charge is 2.12. The minimum absolute atomic E-state index is 0.497. The molecule has 2 N–H and O–H groups in total. The molecule has 0 unspecified atom stereocenters. The van der Waals surface area contributed by atoms with Crippen molar-refractivity contribution in [3.8, 4) is 11.4 Å². The van der Waals surface area contributed by atoms with E-state index in [0.29, 0.717) is 11.4 Å². The normalized spacial score (nSPS) is 11.8. The Balaban J connectivity index is 2.53. The zero-order chi connectivity index (χ0) is 12.4. The third kappa shape index (κ3) is 2.04. The van der Waals surface area contributed by atoms with Crippen LogP contribution >= 0.6 is 0 Å². The van der Waals surface area contributed by atoms with Gasteiger partial charge in [-0.3, -0.25) is 4.98 Å². The molecule has 0 fully saturated rings. The van der Waals surface area contributed by atoms with Gasteiger partial charge in [-0.1, -0.05) is 5.16 Å². The van der Waals surface area contributed by atoms with Crippen LogP contribution in [-0.2, 0) is 0 Å². The number of nitrogens with zero attached hydrogens (tertiary/aromatic N) is 3. The smallest absolute Gasteiger partial charge is 0.138 e. The summed E-state index contributed by atoms with van der Waals surface area (Å²) in [4.78, 5) is 11.7. The molecule has 5 nitrogen and oxygen atoms in total. The molecule has 0 aromatic carbocycles. The van der Waals surface area contributed by atoms with Crippen molar-refractivity contribution < 1.29 is 5.21 Å². The van der Waals surface area contributed by atoms with Crippen molar-refractivity contribution in [2.45, 2.75) is 20.8 Å². The topological polar surface area (TPSA) is 74.2 Å². The summed E-state index contributed by atoms with van der Waals surface area (Å²) < 4.78 is 0. The highest BCUT2D eigenvalue weighted by molar-refractivity contribution is 5.98. The molecule has 0 saturated heterocycles. The van der Waals surface area contributed by atoms with Crippen LogP contribution in [0.1, 0.15) is 23.9 Å². The van der Waals surface area contributed by atoms with Gasteiger partial charge >= 0.3 is 0 Å². The molecule has 5 heteroatoms. The molecule has 0 saturated carbocycles. The van der Waals surface area contributed by atoms with Gasteiger partial charge in [0.25, 0.3) is 0 Å². The SMILES string of the molecule is C/C(=N\O)c1nc(-c2ccncc2C)[nH]c1C. The molecule has 0 radical (unpaired) electrons. The van der Waals surface area contributed by atoms with Crippen molar-refractivity contribution in [1.29, 1.82) is 0 Å².